The van der Waals surface area contributed by atoms with E-state index in [-0.39, 0.29) is 30.2 Å². The Labute approximate surface area is 241 Å². The van der Waals surface area contributed by atoms with E-state index in [0.717, 1.165) is 27.3 Å². The smallest absolute Gasteiger partial charge is 0.355 e. The number of β-lactam (4-membered cyclic amide) rings is 1. The van der Waals surface area contributed by atoms with Gasteiger partial charge in [0.15, 0.2) is 0 Å². The summed E-state index contributed by atoms with van der Waals surface area (Å²) in [5.74, 6) is 0.965. The van der Waals surface area contributed by atoms with E-state index < -0.39 is 12.0 Å². The Morgan fingerprint density at radius 2 is 1.80 bits per heavy atom. The molecule has 0 radical (unpaired) electrons. The predicted octanol–water partition coefficient (Wildman–Crippen LogP) is 4.21. The number of thioether (sulfide) groups is 2. The lowest BCUT2D eigenvalue weighted by Gasteiger charge is -2.49. The normalized spacial score (nSPS) is 18.0. The van der Waals surface area contributed by atoms with Gasteiger partial charge in [0.2, 0.25) is 5.91 Å². The molecule has 2 amide bonds. The molecule has 3 heterocycles. The highest BCUT2D eigenvalue weighted by Gasteiger charge is 2.54. The minimum absolute atomic E-state index is 0.0719. The van der Waals surface area contributed by atoms with Gasteiger partial charge in [-0.25, -0.2) is 4.79 Å². The Hall–Kier alpha value is -3.76. The zero-order valence-electron chi connectivity index (χ0n) is 21.9. The number of ether oxygens (including phenoxy) is 2. The Kier molecular flexibility index (Phi) is 9.08. The number of hydrogen-bond donors (Lipinski definition) is 1. The average molecular weight is 576 g/mol. The fourth-order valence-corrected chi connectivity index (χ4v) is 6.82. The molecule has 1 saturated heterocycles. The summed E-state index contributed by atoms with van der Waals surface area (Å²) in [6, 6.07) is 19.9. The molecule has 2 aliphatic rings. The first kappa shape index (κ1) is 27.8. The molecule has 40 heavy (non-hydrogen) atoms. The maximum atomic E-state index is 13.4. The Morgan fingerprint density at radius 3 is 2.52 bits per heavy atom. The Balaban J connectivity index is 1.28. The van der Waals surface area contributed by atoms with Crippen molar-refractivity contribution in [3.8, 4) is 5.75 Å². The van der Waals surface area contributed by atoms with Gasteiger partial charge in [0.1, 0.15) is 29.5 Å². The first-order valence-corrected chi connectivity index (χ1v) is 14.9. The molecular formula is C30H29N3O5S2. The molecule has 0 bridgehead atoms. The molecule has 0 spiro atoms. The van der Waals surface area contributed by atoms with Gasteiger partial charge in [0.25, 0.3) is 5.91 Å². The summed E-state index contributed by atoms with van der Waals surface area (Å²) >= 11 is 3.22. The molecule has 1 fully saturated rings. The van der Waals surface area contributed by atoms with E-state index in [1.807, 2.05) is 54.6 Å². The maximum Gasteiger partial charge on any atom is 0.355 e. The van der Waals surface area contributed by atoms with Crippen molar-refractivity contribution in [1.82, 2.24) is 15.2 Å². The summed E-state index contributed by atoms with van der Waals surface area (Å²) in [5.41, 5.74) is 2.85. The van der Waals surface area contributed by atoms with Crippen LogP contribution in [0.4, 0.5) is 0 Å². The summed E-state index contributed by atoms with van der Waals surface area (Å²) < 4.78 is 10.9. The molecule has 0 unspecified atom stereocenters. The molecule has 1 aromatic heterocycles. The van der Waals surface area contributed by atoms with Crippen LogP contribution in [-0.2, 0) is 32.1 Å². The predicted molar refractivity (Wildman–Crippen MR) is 155 cm³/mol. The standard InChI is InChI=1S/C30H29N3O5S2/c1-37-23-9-7-21(8-10-23)18-38-30(36)27-22(13-16-39-24-11-14-31-15-12-24)19-40-29-26(28(35)33(27)29)32-25(34)17-20-5-3-2-4-6-20/h2-12,14-15,26,29H,13,16-19H2,1H3,(H,32,34)/t26-,29-/m1/s1. The fourth-order valence-electron chi connectivity index (χ4n) is 4.53. The molecule has 10 heteroatoms. The average Bonchev–Trinajstić information content (AvgIpc) is 2.99. The van der Waals surface area contributed by atoms with E-state index in [9.17, 15) is 14.4 Å². The number of aromatic nitrogens is 1. The third-order valence-electron chi connectivity index (χ3n) is 6.62. The van der Waals surface area contributed by atoms with Gasteiger partial charge in [-0.15, -0.1) is 23.5 Å². The number of carbonyl (C=O) groups is 3. The second-order valence-corrected chi connectivity index (χ2v) is 11.5. The van der Waals surface area contributed by atoms with E-state index >= 15 is 0 Å². The van der Waals surface area contributed by atoms with Crippen LogP contribution in [0.25, 0.3) is 0 Å². The quantitative estimate of drug-likeness (QED) is 0.206. The lowest BCUT2D eigenvalue weighted by molar-refractivity contribution is -0.153. The molecular weight excluding hydrogens is 546 g/mol. The summed E-state index contributed by atoms with van der Waals surface area (Å²) in [4.78, 5) is 46.1. The van der Waals surface area contributed by atoms with Crippen LogP contribution >= 0.6 is 23.5 Å². The minimum Gasteiger partial charge on any atom is -0.497 e. The van der Waals surface area contributed by atoms with Crippen molar-refractivity contribution in [3.05, 3.63) is 102 Å². The molecule has 0 aliphatic carbocycles. The van der Waals surface area contributed by atoms with Crippen LogP contribution in [0, 0.1) is 0 Å². The molecule has 206 valence electrons. The molecule has 0 saturated carbocycles. The van der Waals surface area contributed by atoms with Crippen molar-refractivity contribution in [3.63, 3.8) is 0 Å². The van der Waals surface area contributed by atoms with Gasteiger partial charge >= 0.3 is 5.97 Å². The van der Waals surface area contributed by atoms with Crippen molar-refractivity contribution in [2.45, 2.75) is 35.8 Å². The largest absolute Gasteiger partial charge is 0.497 e. The summed E-state index contributed by atoms with van der Waals surface area (Å²) in [6.45, 7) is 0.0719. The molecule has 8 nitrogen and oxygen atoms in total. The van der Waals surface area contributed by atoms with Crippen molar-refractivity contribution in [2.75, 3.05) is 18.6 Å². The maximum absolute atomic E-state index is 13.4. The molecule has 1 N–H and O–H groups in total. The van der Waals surface area contributed by atoms with Gasteiger partial charge in [-0.2, -0.15) is 0 Å². The molecule has 2 aliphatic heterocycles. The summed E-state index contributed by atoms with van der Waals surface area (Å²) in [6.07, 6.45) is 4.30. The molecule has 2 atom stereocenters. The van der Waals surface area contributed by atoms with Crippen LogP contribution in [0.1, 0.15) is 17.5 Å². The number of nitrogens with zero attached hydrogens (tertiary/aromatic N) is 2. The highest BCUT2D eigenvalue weighted by molar-refractivity contribution is 8.00. The number of hydrogen-bond acceptors (Lipinski definition) is 8. The summed E-state index contributed by atoms with van der Waals surface area (Å²) in [5, 5.41) is 2.52. The first-order valence-electron chi connectivity index (χ1n) is 12.9. The van der Waals surface area contributed by atoms with E-state index in [4.69, 9.17) is 9.47 Å². The van der Waals surface area contributed by atoms with Crippen molar-refractivity contribution in [2.24, 2.45) is 0 Å². The SMILES string of the molecule is COc1ccc(COC(=O)C2=C(CCSc3ccncc3)CS[C@@H]3[C@H](NC(=O)Cc4ccccc4)C(=O)N23)cc1. The van der Waals surface area contributed by atoms with E-state index in [0.29, 0.717) is 23.6 Å². The van der Waals surface area contributed by atoms with Crippen LogP contribution in [0.15, 0.2) is 95.3 Å². The van der Waals surface area contributed by atoms with E-state index in [1.165, 1.54) is 4.90 Å². The van der Waals surface area contributed by atoms with Gasteiger partial charge in [-0.3, -0.25) is 19.5 Å². The summed E-state index contributed by atoms with van der Waals surface area (Å²) in [7, 11) is 1.59. The van der Waals surface area contributed by atoms with Crippen molar-refractivity contribution >= 4 is 41.3 Å². The van der Waals surface area contributed by atoms with Gasteiger partial charge in [0, 0.05) is 28.8 Å². The third kappa shape index (κ3) is 6.51. The third-order valence-corrected chi connectivity index (χ3v) is 8.97. The number of amides is 2. The highest BCUT2D eigenvalue weighted by Crippen LogP contribution is 2.42. The number of fused-ring (bicyclic) bond motifs is 1. The number of benzene rings is 2. The second kappa shape index (κ2) is 13.1. The monoisotopic (exact) mass is 575 g/mol. The zero-order chi connectivity index (χ0) is 27.9. The van der Waals surface area contributed by atoms with Crippen molar-refractivity contribution < 1.29 is 23.9 Å². The number of carbonyl (C=O) groups excluding carboxylic acids is 3. The van der Waals surface area contributed by atoms with Crippen LogP contribution in [0.5, 0.6) is 5.75 Å². The lowest BCUT2D eigenvalue weighted by atomic mass is 10.0. The van der Waals surface area contributed by atoms with E-state index in [2.05, 4.69) is 10.3 Å². The molecule has 3 aromatic rings. The van der Waals surface area contributed by atoms with Gasteiger partial charge in [-0.1, -0.05) is 42.5 Å². The van der Waals surface area contributed by atoms with Crippen LogP contribution in [0.3, 0.4) is 0 Å². The Morgan fingerprint density at radius 1 is 1.05 bits per heavy atom. The van der Waals surface area contributed by atoms with Crippen LogP contribution < -0.4 is 10.1 Å². The Bertz CT molecular complexity index is 1380. The van der Waals surface area contributed by atoms with Crippen LogP contribution in [-0.4, -0.2) is 57.7 Å². The number of esters is 1. The van der Waals surface area contributed by atoms with Crippen LogP contribution in [0.2, 0.25) is 0 Å². The topological polar surface area (TPSA) is 97.8 Å². The van der Waals surface area contributed by atoms with Crippen molar-refractivity contribution in [1.29, 1.82) is 0 Å². The lowest BCUT2D eigenvalue weighted by Crippen LogP contribution is -2.70. The number of methoxy groups -OCH3 is 1. The van der Waals surface area contributed by atoms with Gasteiger partial charge < -0.3 is 14.8 Å². The number of pyridine rings is 1. The molecule has 5 rings (SSSR count). The minimum atomic E-state index is -0.682. The number of rotatable bonds is 11. The van der Waals surface area contributed by atoms with Gasteiger partial charge in [0.05, 0.1) is 13.5 Å². The number of nitrogens with one attached hydrogen (secondary N) is 1. The second-order valence-electron chi connectivity index (χ2n) is 9.28. The zero-order valence-corrected chi connectivity index (χ0v) is 23.6. The molecule has 2 aromatic carbocycles. The fraction of sp³-hybridized carbons (Fsp3) is 0.267. The first-order chi connectivity index (χ1) is 19.5. The van der Waals surface area contributed by atoms with E-state index in [1.54, 1.807) is 55.2 Å². The van der Waals surface area contributed by atoms with Gasteiger partial charge in [-0.05, 0) is 47.4 Å². The highest BCUT2D eigenvalue weighted by atomic mass is 32.2.